The van der Waals surface area contributed by atoms with Crippen LogP contribution in [0.25, 0.3) is 0 Å². The van der Waals surface area contributed by atoms with Crippen LogP contribution >= 0.6 is 11.6 Å². The molecule has 0 amide bonds. The lowest BCUT2D eigenvalue weighted by Crippen LogP contribution is -2.20. The van der Waals surface area contributed by atoms with Crippen molar-refractivity contribution in [3.05, 3.63) is 22.9 Å². The minimum absolute atomic E-state index is 0.0433. The molecule has 0 N–H and O–H groups in total. The number of esters is 1. The van der Waals surface area contributed by atoms with Crippen molar-refractivity contribution >= 4 is 17.6 Å². The number of aromatic nitrogens is 1. The van der Waals surface area contributed by atoms with E-state index in [0.717, 1.165) is 6.20 Å². The second-order valence-corrected chi connectivity index (χ2v) is 4.21. The first-order chi connectivity index (χ1) is 10.2. The predicted octanol–water partition coefficient (Wildman–Crippen LogP) is 3.76. The first-order valence-corrected chi connectivity index (χ1v) is 6.49. The summed E-state index contributed by atoms with van der Waals surface area (Å²) in [7, 11) is 0. The molecule has 0 fully saturated rings. The molecule has 124 valence electrons. The highest BCUT2D eigenvalue weighted by molar-refractivity contribution is 6.17. The lowest BCUT2D eigenvalue weighted by Gasteiger charge is -2.17. The highest BCUT2D eigenvalue weighted by atomic mass is 35.5. The molecule has 0 aromatic carbocycles. The van der Waals surface area contributed by atoms with Crippen LogP contribution in [0.4, 0.5) is 22.0 Å². The van der Waals surface area contributed by atoms with E-state index in [9.17, 15) is 26.7 Å². The SMILES string of the molecule is CCOC(=O)Cc1cnc(OC(F)(F)F)c(C(F)F)c1CCl. The Labute approximate surface area is 127 Å². The molecule has 0 radical (unpaired) electrons. The van der Waals surface area contributed by atoms with Crippen LogP contribution in [-0.4, -0.2) is 23.9 Å². The van der Waals surface area contributed by atoms with Crippen molar-refractivity contribution in [2.45, 2.75) is 32.0 Å². The molecule has 0 aliphatic carbocycles. The number of halogens is 6. The van der Waals surface area contributed by atoms with Crippen LogP contribution in [0.15, 0.2) is 6.20 Å². The van der Waals surface area contributed by atoms with Gasteiger partial charge in [0, 0.05) is 12.1 Å². The number of pyridine rings is 1. The lowest BCUT2D eigenvalue weighted by atomic mass is 10.0. The average Bonchev–Trinajstić information content (AvgIpc) is 2.38. The second-order valence-electron chi connectivity index (χ2n) is 3.94. The summed E-state index contributed by atoms with van der Waals surface area (Å²) in [5, 5.41) is 0. The van der Waals surface area contributed by atoms with Crippen molar-refractivity contribution in [2.24, 2.45) is 0 Å². The van der Waals surface area contributed by atoms with E-state index in [0.29, 0.717) is 0 Å². The number of ether oxygens (including phenoxy) is 2. The molecule has 1 aromatic heterocycles. The molecule has 22 heavy (non-hydrogen) atoms. The van der Waals surface area contributed by atoms with Gasteiger partial charge in [-0.1, -0.05) is 0 Å². The van der Waals surface area contributed by atoms with Gasteiger partial charge < -0.3 is 9.47 Å². The van der Waals surface area contributed by atoms with E-state index >= 15 is 0 Å². The molecule has 0 saturated heterocycles. The van der Waals surface area contributed by atoms with Gasteiger partial charge in [-0.2, -0.15) is 0 Å². The number of nitrogens with zero attached hydrogens (tertiary/aromatic N) is 1. The zero-order valence-electron chi connectivity index (χ0n) is 11.2. The standard InChI is InChI=1S/C12H11ClF5NO3/c1-2-21-8(20)3-6-5-19-11(22-12(16,17)18)9(10(14)15)7(6)4-13/h5,10H,2-4H2,1H3. The van der Waals surface area contributed by atoms with Crippen molar-refractivity contribution in [3.63, 3.8) is 0 Å². The number of hydrogen-bond donors (Lipinski definition) is 0. The maximum atomic E-state index is 13.1. The number of rotatable bonds is 6. The van der Waals surface area contributed by atoms with Crippen LogP contribution in [0.2, 0.25) is 0 Å². The summed E-state index contributed by atoms with van der Waals surface area (Å²) in [6.45, 7) is 1.61. The molecule has 0 aliphatic heterocycles. The minimum Gasteiger partial charge on any atom is -0.466 e. The van der Waals surface area contributed by atoms with Gasteiger partial charge in [-0.25, -0.2) is 13.8 Å². The third-order valence-electron chi connectivity index (χ3n) is 2.49. The Morgan fingerprint density at radius 3 is 2.50 bits per heavy atom. The Kier molecular flexibility index (Phi) is 6.34. The quantitative estimate of drug-likeness (QED) is 0.446. The van der Waals surface area contributed by atoms with E-state index in [4.69, 9.17) is 11.6 Å². The van der Waals surface area contributed by atoms with Gasteiger partial charge in [-0.15, -0.1) is 24.8 Å². The van der Waals surface area contributed by atoms with Gasteiger partial charge >= 0.3 is 12.3 Å². The van der Waals surface area contributed by atoms with Crippen molar-refractivity contribution in [1.29, 1.82) is 0 Å². The summed E-state index contributed by atoms with van der Waals surface area (Å²) in [5.41, 5.74) is -1.47. The van der Waals surface area contributed by atoms with Crippen molar-refractivity contribution in [2.75, 3.05) is 6.61 Å². The summed E-state index contributed by atoms with van der Waals surface area (Å²) in [5.74, 6) is -2.56. The predicted molar refractivity (Wildman–Crippen MR) is 65.8 cm³/mol. The first-order valence-electron chi connectivity index (χ1n) is 5.95. The molecule has 1 heterocycles. The van der Waals surface area contributed by atoms with Crippen LogP contribution in [0.1, 0.15) is 30.0 Å². The Balaban J connectivity index is 3.27. The molecule has 4 nitrogen and oxygen atoms in total. The van der Waals surface area contributed by atoms with Crippen LogP contribution in [0.3, 0.4) is 0 Å². The van der Waals surface area contributed by atoms with Crippen molar-refractivity contribution in [1.82, 2.24) is 4.98 Å². The highest BCUT2D eigenvalue weighted by Crippen LogP contribution is 2.36. The number of carbonyl (C=O) groups excluding carboxylic acids is 1. The Morgan fingerprint density at radius 1 is 1.41 bits per heavy atom. The molecule has 1 aromatic rings. The first kappa shape index (κ1) is 18.4. The zero-order valence-corrected chi connectivity index (χ0v) is 12.0. The third-order valence-corrected chi connectivity index (χ3v) is 2.75. The van der Waals surface area contributed by atoms with E-state index < -0.39 is 42.5 Å². The molecule has 0 atom stereocenters. The topological polar surface area (TPSA) is 48.4 Å². The van der Waals surface area contributed by atoms with Crippen LogP contribution in [0, 0.1) is 0 Å². The van der Waals surface area contributed by atoms with Gasteiger partial charge in [0.05, 0.1) is 18.6 Å². The molecule has 0 aliphatic rings. The lowest BCUT2D eigenvalue weighted by molar-refractivity contribution is -0.276. The van der Waals surface area contributed by atoms with Crippen LogP contribution < -0.4 is 4.74 Å². The maximum absolute atomic E-state index is 13.1. The zero-order chi connectivity index (χ0) is 16.9. The molecule has 0 bridgehead atoms. The third kappa shape index (κ3) is 4.97. The Morgan fingerprint density at radius 2 is 2.05 bits per heavy atom. The Bertz CT molecular complexity index is 536. The largest absolute Gasteiger partial charge is 0.574 e. The molecule has 0 unspecified atom stereocenters. The van der Waals surface area contributed by atoms with E-state index in [1.165, 1.54) is 0 Å². The van der Waals surface area contributed by atoms with E-state index in [2.05, 4.69) is 14.5 Å². The molecule has 0 saturated carbocycles. The highest BCUT2D eigenvalue weighted by Gasteiger charge is 2.35. The minimum atomic E-state index is -5.18. The number of hydrogen-bond acceptors (Lipinski definition) is 4. The fourth-order valence-corrected chi connectivity index (χ4v) is 2.00. The van der Waals surface area contributed by atoms with Gasteiger partial charge in [0.2, 0.25) is 5.88 Å². The fraction of sp³-hybridized carbons (Fsp3) is 0.500. The fourth-order valence-electron chi connectivity index (χ4n) is 1.68. The van der Waals surface area contributed by atoms with E-state index in [1.807, 2.05) is 0 Å². The van der Waals surface area contributed by atoms with Crippen LogP contribution in [-0.2, 0) is 21.8 Å². The van der Waals surface area contributed by atoms with Gasteiger partial charge in [0.1, 0.15) is 0 Å². The van der Waals surface area contributed by atoms with Gasteiger partial charge in [0.15, 0.2) is 0 Å². The van der Waals surface area contributed by atoms with Crippen molar-refractivity contribution in [3.8, 4) is 5.88 Å². The average molecular weight is 348 g/mol. The number of carbonyl (C=O) groups is 1. The number of alkyl halides is 6. The molecule has 1 rings (SSSR count). The van der Waals surface area contributed by atoms with Crippen LogP contribution in [0.5, 0.6) is 5.88 Å². The van der Waals surface area contributed by atoms with Gasteiger partial charge in [-0.05, 0) is 18.1 Å². The van der Waals surface area contributed by atoms with E-state index in [-0.39, 0.29) is 17.7 Å². The van der Waals surface area contributed by atoms with Crippen molar-refractivity contribution < 1.29 is 36.2 Å². The van der Waals surface area contributed by atoms with Gasteiger partial charge in [0.25, 0.3) is 6.43 Å². The summed E-state index contributed by atoms with van der Waals surface area (Å²) in [6.07, 6.45) is -8.08. The summed E-state index contributed by atoms with van der Waals surface area (Å²) >= 11 is 5.53. The molecular weight excluding hydrogens is 337 g/mol. The summed E-state index contributed by atoms with van der Waals surface area (Å²) in [6, 6.07) is 0. The maximum Gasteiger partial charge on any atom is 0.574 e. The monoisotopic (exact) mass is 347 g/mol. The smallest absolute Gasteiger partial charge is 0.466 e. The van der Waals surface area contributed by atoms with Gasteiger partial charge in [-0.3, -0.25) is 4.79 Å². The summed E-state index contributed by atoms with van der Waals surface area (Å²) < 4.78 is 70.9. The normalized spacial score (nSPS) is 11.6. The molecule has 10 heteroatoms. The Hall–Kier alpha value is -1.64. The second kappa shape index (κ2) is 7.57. The van der Waals surface area contributed by atoms with E-state index in [1.54, 1.807) is 6.92 Å². The molecule has 0 spiro atoms. The summed E-state index contributed by atoms with van der Waals surface area (Å²) in [4.78, 5) is 14.6. The molecular formula is C12H11ClF5NO3.